The van der Waals surface area contributed by atoms with Crippen LogP contribution in [0.4, 0.5) is 5.69 Å². The van der Waals surface area contributed by atoms with Gasteiger partial charge in [-0.25, -0.2) is 0 Å². The van der Waals surface area contributed by atoms with E-state index in [0.29, 0.717) is 15.2 Å². The highest BCUT2D eigenvalue weighted by atomic mass is 31.1. The maximum Gasteiger partial charge on any atom is 0.127 e. The van der Waals surface area contributed by atoms with E-state index < -0.39 is 0 Å². The number of ether oxygens (including phenoxy) is 1. The van der Waals surface area contributed by atoms with Crippen LogP contribution in [0.2, 0.25) is 0 Å². The van der Waals surface area contributed by atoms with E-state index >= 15 is 0 Å². The van der Waals surface area contributed by atoms with Gasteiger partial charge in [-0.15, -0.1) is 0 Å². The number of aliphatic imine (C=N–C) groups is 1. The molecule has 0 spiro atoms. The van der Waals surface area contributed by atoms with Crippen molar-refractivity contribution in [1.29, 1.82) is 0 Å². The van der Waals surface area contributed by atoms with E-state index in [0.717, 1.165) is 17.0 Å². The minimum absolute atomic E-state index is 0.493. The van der Waals surface area contributed by atoms with Crippen LogP contribution in [0.1, 0.15) is 18.1 Å². The number of rotatable bonds is 6. The Morgan fingerprint density at radius 1 is 0.862 bits per heavy atom. The van der Waals surface area contributed by atoms with Crippen molar-refractivity contribution >= 4 is 41.9 Å². The summed E-state index contributed by atoms with van der Waals surface area (Å²) in [6.45, 7) is 4.84. The van der Waals surface area contributed by atoms with Crippen LogP contribution in [0.25, 0.3) is 10.8 Å². The Balaban J connectivity index is 1.69. The molecule has 0 aliphatic rings. The molecule has 4 rings (SSSR count). The standard InChI is InChI=1S/C26H24NOP/c1-3-28-24-16-8-10-19(2)26(24)29-25-17-7-6-15-23(25)27-18-21-13-9-12-20-11-4-5-14-22(20)21/h4-18,29H,3H2,1-2H3. The second-order valence-electron chi connectivity index (χ2n) is 6.85. The van der Waals surface area contributed by atoms with Crippen molar-refractivity contribution in [1.82, 2.24) is 0 Å². The lowest BCUT2D eigenvalue weighted by atomic mass is 10.1. The van der Waals surface area contributed by atoms with Crippen molar-refractivity contribution in [2.75, 3.05) is 6.61 Å². The molecule has 0 N–H and O–H groups in total. The van der Waals surface area contributed by atoms with Gasteiger partial charge in [-0.3, -0.25) is 4.99 Å². The fraction of sp³-hybridized carbons (Fsp3) is 0.115. The van der Waals surface area contributed by atoms with Gasteiger partial charge in [-0.1, -0.05) is 81.4 Å². The highest BCUT2D eigenvalue weighted by molar-refractivity contribution is 7.56. The molecule has 4 aromatic rings. The molecule has 2 nitrogen and oxygen atoms in total. The van der Waals surface area contributed by atoms with Gasteiger partial charge in [0.1, 0.15) is 5.75 Å². The molecule has 0 bridgehead atoms. The summed E-state index contributed by atoms with van der Waals surface area (Å²) in [5.41, 5.74) is 3.39. The molecule has 3 heteroatoms. The largest absolute Gasteiger partial charge is 0.493 e. The van der Waals surface area contributed by atoms with Crippen LogP contribution in [-0.2, 0) is 0 Å². The SMILES string of the molecule is CCOc1cccc(C)c1Pc1ccccc1N=Cc1cccc2ccccc12. The monoisotopic (exact) mass is 397 g/mol. The summed E-state index contributed by atoms with van der Waals surface area (Å²) in [5, 5.41) is 4.92. The molecule has 1 atom stereocenters. The van der Waals surface area contributed by atoms with Gasteiger partial charge in [-0.2, -0.15) is 0 Å². The maximum absolute atomic E-state index is 5.88. The Kier molecular flexibility index (Phi) is 6.03. The van der Waals surface area contributed by atoms with E-state index in [1.165, 1.54) is 26.9 Å². The molecule has 144 valence electrons. The number of hydrogen-bond acceptors (Lipinski definition) is 2. The third-order valence-corrected chi connectivity index (χ3v) is 6.45. The number of hydrogen-bond donors (Lipinski definition) is 0. The molecule has 0 aliphatic heterocycles. The average Bonchev–Trinajstić information content (AvgIpc) is 2.75. The molecule has 0 aliphatic carbocycles. The van der Waals surface area contributed by atoms with Gasteiger partial charge in [0.15, 0.2) is 0 Å². The quantitative estimate of drug-likeness (QED) is 0.292. The fourth-order valence-corrected chi connectivity index (χ4v) is 4.69. The van der Waals surface area contributed by atoms with Crippen molar-refractivity contribution < 1.29 is 4.74 Å². The van der Waals surface area contributed by atoms with Crippen molar-refractivity contribution in [3.8, 4) is 5.75 Å². The molecular weight excluding hydrogens is 373 g/mol. The highest BCUT2D eigenvalue weighted by Crippen LogP contribution is 2.26. The zero-order chi connectivity index (χ0) is 20.1. The summed E-state index contributed by atoms with van der Waals surface area (Å²) in [6, 6.07) is 29.4. The van der Waals surface area contributed by atoms with Gasteiger partial charge < -0.3 is 4.74 Å². The number of aryl methyl sites for hydroxylation is 1. The molecule has 1 unspecified atom stereocenters. The predicted molar refractivity (Wildman–Crippen MR) is 128 cm³/mol. The Bertz CT molecular complexity index is 1160. The third kappa shape index (κ3) is 4.39. The summed E-state index contributed by atoms with van der Waals surface area (Å²) in [6.07, 6.45) is 1.98. The normalized spacial score (nSPS) is 11.7. The molecule has 0 saturated heterocycles. The number of nitrogens with zero attached hydrogens (tertiary/aromatic N) is 1. The van der Waals surface area contributed by atoms with Crippen LogP contribution in [0.15, 0.2) is 89.9 Å². The predicted octanol–water partition coefficient (Wildman–Crippen LogP) is 5.93. The van der Waals surface area contributed by atoms with Crippen LogP contribution in [-0.4, -0.2) is 12.8 Å². The number of para-hydroxylation sites is 1. The van der Waals surface area contributed by atoms with E-state index in [9.17, 15) is 0 Å². The van der Waals surface area contributed by atoms with Crippen molar-refractivity contribution in [2.24, 2.45) is 4.99 Å². The van der Waals surface area contributed by atoms with Gasteiger partial charge in [-0.05, 0) is 42.3 Å². The zero-order valence-corrected chi connectivity index (χ0v) is 17.7. The van der Waals surface area contributed by atoms with Gasteiger partial charge in [0.05, 0.1) is 12.3 Å². The summed E-state index contributed by atoms with van der Waals surface area (Å²) in [7, 11) is 0.493. The maximum atomic E-state index is 5.88. The zero-order valence-electron chi connectivity index (χ0n) is 16.7. The summed E-state index contributed by atoms with van der Waals surface area (Å²) < 4.78 is 5.88. The first-order valence-corrected chi connectivity index (χ1v) is 10.9. The fourth-order valence-electron chi connectivity index (χ4n) is 3.41. The van der Waals surface area contributed by atoms with E-state index in [1.807, 2.05) is 19.2 Å². The van der Waals surface area contributed by atoms with Crippen LogP contribution in [0.3, 0.4) is 0 Å². The second kappa shape index (κ2) is 9.03. The Morgan fingerprint density at radius 2 is 1.62 bits per heavy atom. The highest BCUT2D eigenvalue weighted by Gasteiger charge is 2.10. The second-order valence-corrected chi connectivity index (χ2v) is 8.14. The molecule has 29 heavy (non-hydrogen) atoms. The van der Waals surface area contributed by atoms with Crippen molar-refractivity contribution in [3.63, 3.8) is 0 Å². The molecular formula is C26H24NOP. The van der Waals surface area contributed by atoms with Gasteiger partial charge >= 0.3 is 0 Å². The molecule has 0 saturated carbocycles. The van der Waals surface area contributed by atoms with E-state index in [2.05, 4.69) is 85.8 Å². The van der Waals surface area contributed by atoms with Crippen LogP contribution in [0.5, 0.6) is 5.75 Å². The first-order chi connectivity index (χ1) is 14.3. The molecule has 4 aromatic carbocycles. The first-order valence-electron chi connectivity index (χ1n) is 9.86. The molecule has 0 heterocycles. The van der Waals surface area contributed by atoms with E-state index in [1.54, 1.807) is 0 Å². The summed E-state index contributed by atoms with van der Waals surface area (Å²) in [5.74, 6) is 0.971. The minimum atomic E-state index is 0.493. The van der Waals surface area contributed by atoms with Crippen molar-refractivity contribution in [3.05, 3.63) is 96.1 Å². The average molecular weight is 397 g/mol. The molecule has 0 aromatic heterocycles. The molecule has 0 fully saturated rings. The molecule has 0 amide bonds. The lowest BCUT2D eigenvalue weighted by Gasteiger charge is -2.14. The van der Waals surface area contributed by atoms with Crippen LogP contribution < -0.4 is 15.3 Å². The van der Waals surface area contributed by atoms with Crippen LogP contribution in [0, 0.1) is 6.92 Å². The summed E-state index contributed by atoms with van der Waals surface area (Å²) in [4.78, 5) is 4.87. The Hall–Kier alpha value is -2.96. The van der Waals surface area contributed by atoms with Gasteiger partial charge in [0.2, 0.25) is 0 Å². The number of fused-ring (bicyclic) bond motifs is 1. The minimum Gasteiger partial charge on any atom is -0.493 e. The van der Waals surface area contributed by atoms with E-state index in [-0.39, 0.29) is 0 Å². The van der Waals surface area contributed by atoms with Crippen LogP contribution >= 0.6 is 8.58 Å². The summed E-state index contributed by atoms with van der Waals surface area (Å²) >= 11 is 0. The van der Waals surface area contributed by atoms with Gasteiger partial charge in [0, 0.05) is 22.4 Å². The number of benzene rings is 4. The first kappa shape index (κ1) is 19.4. The lowest BCUT2D eigenvalue weighted by molar-refractivity contribution is 0.343. The molecule has 0 radical (unpaired) electrons. The Morgan fingerprint density at radius 3 is 2.52 bits per heavy atom. The smallest absolute Gasteiger partial charge is 0.127 e. The topological polar surface area (TPSA) is 21.6 Å². The van der Waals surface area contributed by atoms with E-state index in [4.69, 9.17) is 9.73 Å². The Labute approximate surface area is 174 Å². The third-order valence-electron chi connectivity index (χ3n) is 4.86. The van der Waals surface area contributed by atoms with Crippen molar-refractivity contribution in [2.45, 2.75) is 13.8 Å². The van der Waals surface area contributed by atoms with Gasteiger partial charge in [0.25, 0.3) is 0 Å². The lowest BCUT2D eigenvalue weighted by Crippen LogP contribution is -2.11.